The van der Waals surface area contributed by atoms with E-state index in [1.54, 1.807) is 17.2 Å². The van der Waals surface area contributed by atoms with Crippen molar-refractivity contribution < 1.29 is 9.59 Å². The molecule has 1 aromatic rings. The summed E-state index contributed by atoms with van der Waals surface area (Å²) in [5, 5.41) is 0. The molecule has 1 aliphatic heterocycles. The molecule has 2 rings (SSSR count). The third kappa shape index (κ3) is 3.58. The number of carbonyl (C=O) groups is 2. The highest BCUT2D eigenvalue weighted by atomic mass is 16.2. The highest BCUT2D eigenvalue weighted by Gasteiger charge is 2.28. The van der Waals surface area contributed by atoms with Crippen LogP contribution in [0.2, 0.25) is 0 Å². The fraction of sp³-hybridized carbons (Fsp3) is 0.533. The van der Waals surface area contributed by atoms with Crippen molar-refractivity contribution >= 4 is 17.5 Å². The Bertz CT molecular complexity index is 536. The topological polar surface area (TPSA) is 102 Å². The van der Waals surface area contributed by atoms with Crippen molar-refractivity contribution in [3.63, 3.8) is 0 Å². The van der Waals surface area contributed by atoms with Gasteiger partial charge in [-0.25, -0.2) is 4.98 Å². The SMILES string of the molecule is Cc1cnc(N)c(C(=O)C2CCN(C(=O)CCN)CC2)c1. The zero-order valence-corrected chi connectivity index (χ0v) is 12.3. The fourth-order valence-electron chi connectivity index (χ4n) is 2.67. The summed E-state index contributed by atoms with van der Waals surface area (Å²) in [5.41, 5.74) is 12.6. The lowest BCUT2D eigenvalue weighted by molar-refractivity contribution is -0.132. The number of piperidine rings is 1. The first-order valence-corrected chi connectivity index (χ1v) is 7.27. The van der Waals surface area contributed by atoms with Crippen LogP contribution in [-0.4, -0.2) is 41.2 Å². The molecule has 114 valence electrons. The van der Waals surface area contributed by atoms with E-state index in [4.69, 9.17) is 11.5 Å². The number of aromatic nitrogens is 1. The number of pyridine rings is 1. The Kier molecular flexibility index (Phi) is 4.90. The van der Waals surface area contributed by atoms with Gasteiger partial charge in [-0.05, 0) is 31.4 Å². The molecule has 4 N–H and O–H groups in total. The normalized spacial score (nSPS) is 16.0. The summed E-state index contributed by atoms with van der Waals surface area (Å²) in [5.74, 6) is 0.305. The van der Waals surface area contributed by atoms with E-state index in [1.807, 2.05) is 6.92 Å². The summed E-state index contributed by atoms with van der Waals surface area (Å²) in [6.07, 6.45) is 3.36. The quantitative estimate of drug-likeness (QED) is 0.796. The summed E-state index contributed by atoms with van der Waals surface area (Å²) >= 11 is 0. The van der Waals surface area contributed by atoms with E-state index in [9.17, 15) is 9.59 Å². The largest absolute Gasteiger partial charge is 0.383 e. The van der Waals surface area contributed by atoms with E-state index < -0.39 is 0 Å². The third-order valence-electron chi connectivity index (χ3n) is 3.90. The standard InChI is InChI=1S/C15H22N4O2/c1-10-8-12(15(17)18-9-10)14(21)11-3-6-19(7-4-11)13(20)2-5-16/h8-9,11H,2-7,16H2,1H3,(H2,17,18). The van der Waals surface area contributed by atoms with Crippen molar-refractivity contribution in [2.75, 3.05) is 25.4 Å². The van der Waals surface area contributed by atoms with Crippen molar-refractivity contribution in [2.45, 2.75) is 26.2 Å². The number of nitrogens with two attached hydrogens (primary N) is 2. The number of aryl methyl sites for hydroxylation is 1. The monoisotopic (exact) mass is 290 g/mol. The van der Waals surface area contributed by atoms with Crippen LogP contribution in [0.3, 0.4) is 0 Å². The van der Waals surface area contributed by atoms with Gasteiger partial charge in [0.1, 0.15) is 5.82 Å². The Morgan fingerprint density at radius 2 is 2.05 bits per heavy atom. The zero-order valence-electron chi connectivity index (χ0n) is 12.3. The number of amides is 1. The summed E-state index contributed by atoms with van der Waals surface area (Å²) < 4.78 is 0. The lowest BCUT2D eigenvalue weighted by Gasteiger charge is -2.31. The van der Waals surface area contributed by atoms with Crippen molar-refractivity contribution in [3.8, 4) is 0 Å². The van der Waals surface area contributed by atoms with Gasteiger partial charge in [0.05, 0.1) is 5.56 Å². The second-order valence-corrected chi connectivity index (χ2v) is 5.50. The Morgan fingerprint density at radius 1 is 1.38 bits per heavy atom. The van der Waals surface area contributed by atoms with Gasteiger partial charge in [0.25, 0.3) is 0 Å². The minimum Gasteiger partial charge on any atom is -0.383 e. The van der Waals surface area contributed by atoms with Gasteiger partial charge >= 0.3 is 0 Å². The average molecular weight is 290 g/mol. The number of hydrogen-bond donors (Lipinski definition) is 2. The molecule has 6 nitrogen and oxygen atoms in total. The Hall–Kier alpha value is -1.95. The summed E-state index contributed by atoms with van der Waals surface area (Å²) in [7, 11) is 0. The van der Waals surface area contributed by atoms with Gasteiger partial charge in [-0.3, -0.25) is 9.59 Å². The van der Waals surface area contributed by atoms with Crippen molar-refractivity contribution in [1.82, 2.24) is 9.88 Å². The number of nitrogens with zero attached hydrogens (tertiary/aromatic N) is 2. The van der Waals surface area contributed by atoms with Crippen molar-refractivity contribution in [3.05, 3.63) is 23.4 Å². The highest BCUT2D eigenvalue weighted by Crippen LogP contribution is 2.24. The van der Waals surface area contributed by atoms with Crippen LogP contribution in [0.25, 0.3) is 0 Å². The molecule has 0 aliphatic carbocycles. The van der Waals surface area contributed by atoms with Gasteiger partial charge in [-0.1, -0.05) is 0 Å². The van der Waals surface area contributed by atoms with Crippen LogP contribution in [-0.2, 0) is 4.79 Å². The minimum absolute atomic E-state index is 0.0367. The van der Waals surface area contributed by atoms with Crippen molar-refractivity contribution in [1.29, 1.82) is 0 Å². The molecular weight excluding hydrogens is 268 g/mol. The second kappa shape index (κ2) is 6.67. The van der Waals surface area contributed by atoms with E-state index >= 15 is 0 Å². The first-order valence-electron chi connectivity index (χ1n) is 7.27. The Labute approximate surface area is 124 Å². The smallest absolute Gasteiger partial charge is 0.223 e. The number of ketones is 1. The highest BCUT2D eigenvalue weighted by molar-refractivity contribution is 6.01. The first kappa shape index (κ1) is 15.4. The Morgan fingerprint density at radius 3 is 2.67 bits per heavy atom. The van der Waals surface area contributed by atoms with E-state index in [2.05, 4.69) is 4.98 Å². The lowest BCUT2D eigenvalue weighted by atomic mass is 9.88. The maximum Gasteiger partial charge on any atom is 0.223 e. The number of likely N-dealkylation sites (tertiary alicyclic amines) is 1. The molecule has 0 atom stereocenters. The molecule has 21 heavy (non-hydrogen) atoms. The zero-order chi connectivity index (χ0) is 15.4. The molecule has 0 bridgehead atoms. The molecule has 0 spiro atoms. The number of carbonyl (C=O) groups excluding carboxylic acids is 2. The first-order chi connectivity index (χ1) is 10.0. The molecule has 1 saturated heterocycles. The molecule has 0 saturated carbocycles. The summed E-state index contributed by atoms with van der Waals surface area (Å²) in [6, 6.07) is 1.79. The molecule has 1 aliphatic rings. The van der Waals surface area contributed by atoms with Crippen LogP contribution in [0.15, 0.2) is 12.3 Å². The van der Waals surface area contributed by atoms with Crippen LogP contribution < -0.4 is 11.5 Å². The number of nitrogen functional groups attached to an aromatic ring is 1. The van der Waals surface area contributed by atoms with Gasteiger partial charge in [-0.15, -0.1) is 0 Å². The average Bonchev–Trinajstić information content (AvgIpc) is 2.49. The summed E-state index contributed by atoms with van der Waals surface area (Å²) in [6.45, 7) is 3.46. The van der Waals surface area contributed by atoms with E-state index in [0.29, 0.717) is 44.5 Å². The van der Waals surface area contributed by atoms with E-state index in [0.717, 1.165) is 5.56 Å². The molecule has 1 aromatic heterocycles. The third-order valence-corrected chi connectivity index (χ3v) is 3.90. The lowest BCUT2D eigenvalue weighted by Crippen LogP contribution is -2.41. The minimum atomic E-state index is -0.0853. The molecule has 0 radical (unpaired) electrons. The predicted octanol–water partition coefficient (Wildman–Crippen LogP) is 0.742. The molecule has 2 heterocycles. The maximum absolute atomic E-state index is 12.5. The van der Waals surface area contributed by atoms with Crippen LogP contribution in [0.4, 0.5) is 5.82 Å². The maximum atomic E-state index is 12.5. The summed E-state index contributed by atoms with van der Waals surface area (Å²) in [4.78, 5) is 30.1. The number of Topliss-reactive ketones (excluding diaryl/α,β-unsaturated/α-hetero) is 1. The number of rotatable bonds is 4. The molecule has 0 unspecified atom stereocenters. The van der Waals surface area contributed by atoms with Crippen LogP contribution in [0, 0.1) is 12.8 Å². The second-order valence-electron chi connectivity index (χ2n) is 5.50. The molecular formula is C15H22N4O2. The van der Waals surface area contributed by atoms with Crippen LogP contribution in [0.1, 0.15) is 35.2 Å². The van der Waals surface area contributed by atoms with Gasteiger partial charge in [0, 0.05) is 38.2 Å². The van der Waals surface area contributed by atoms with Crippen molar-refractivity contribution in [2.24, 2.45) is 11.7 Å². The number of anilines is 1. The molecule has 1 amide bonds. The van der Waals surface area contributed by atoms with Gasteiger partial charge < -0.3 is 16.4 Å². The van der Waals surface area contributed by atoms with Gasteiger partial charge in [0.15, 0.2) is 5.78 Å². The Balaban J connectivity index is 2.00. The van der Waals surface area contributed by atoms with E-state index in [1.165, 1.54) is 0 Å². The van der Waals surface area contributed by atoms with Gasteiger partial charge in [-0.2, -0.15) is 0 Å². The van der Waals surface area contributed by atoms with Gasteiger partial charge in [0.2, 0.25) is 5.91 Å². The van der Waals surface area contributed by atoms with E-state index in [-0.39, 0.29) is 23.4 Å². The number of hydrogen-bond acceptors (Lipinski definition) is 5. The van der Waals surface area contributed by atoms with Crippen LogP contribution >= 0.6 is 0 Å². The molecule has 0 aromatic carbocycles. The van der Waals surface area contributed by atoms with Crippen LogP contribution in [0.5, 0.6) is 0 Å². The molecule has 6 heteroatoms. The fourth-order valence-corrected chi connectivity index (χ4v) is 2.67. The predicted molar refractivity (Wildman–Crippen MR) is 80.7 cm³/mol. The molecule has 1 fully saturated rings.